The third-order valence-electron chi connectivity index (χ3n) is 3.75. The summed E-state index contributed by atoms with van der Waals surface area (Å²) >= 11 is 0. The van der Waals surface area contributed by atoms with Gasteiger partial charge in [-0.3, -0.25) is 0 Å². The van der Waals surface area contributed by atoms with Crippen LogP contribution in [-0.4, -0.2) is 38.1 Å². The van der Waals surface area contributed by atoms with E-state index in [2.05, 4.69) is 58.9 Å². The highest BCUT2D eigenvalue weighted by molar-refractivity contribution is 4.81. The van der Waals surface area contributed by atoms with Gasteiger partial charge in [0.1, 0.15) is 0 Å². The molecule has 98 valence electrons. The lowest BCUT2D eigenvalue weighted by molar-refractivity contribution is 0.122. The van der Waals surface area contributed by atoms with Gasteiger partial charge in [0.05, 0.1) is 0 Å². The van der Waals surface area contributed by atoms with Gasteiger partial charge in [0.2, 0.25) is 0 Å². The zero-order valence-corrected chi connectivity index (χ0v) is 12.4. The Hall–Kier alpha value is -0.0800. The molecule has 2 atom stereocenters. The Bertz CT molecular complexity index is 172. The summed E-state index contributed by atoms with van der Waals surface area (Å²) < 4.78 is 0. The molecule has 0 fully saturated rings. The summed E-state index contributed by atoms with van der Waals surface area (Å²) in [5.41, 5.74) is 0.404. The molecule has 0 rings (SSSR count). The maximum absolute atomic E-state index is 3.34. The van der Waals surface area contributed by atoms with Gasteiger partial charge in [-0.05, 0) is 38.8 Å². The Morgan fingerprint density at radius 1 is 1.25 bits per heavy atom. The molecule has 16 heavy (non-hydrogen) atoms. The Morgan fingerprint density at radius 2 is 1.81 bits per heavy atom. The van der Waals surface area contributed by atoms with Crippen molar-refractivity contribution in [1.82, 2.24) is 10.2 Å². The molecule has 0 saturated heterocycles. The fourth-order valence-electron chi connectivity index (χ4n) is 2.51. The van der Waals surface area contributed by atoms with Crippen molar-refractivity contribution in [3.63, 3.8) is 0 Å². The van der Waals surface area contributed by atoms with Crippen LogP contribution in [0.5, 0.6) is 0 Å². The van der Waals surface area contributed by atoms with Crippen LogP contribution >= 0.6 is 0 Å². The minimum atomic E-state index is 0.404. The number of nitrogens with one attached hydrogen (secondary N) is 1. The first-order valence-electron chi connectivity index (χ1n) is 6.71. The van der Waals surface area contributed by atoms with Gasteiger partial charge in [0, 0.05) is 19.1 Å². The SMILES string of the molecule is CCCC(C)(CNC)CN(C)C(C)C(C)C. The van der Waals surface area contributed by atoms with E-state index in [0.717, 1.165) is 12.5 Å². The summed E-state index contributed by atoms with van der Waals surface area (Å²) in [6.45, 7) is 13.9. The van der Waals surface area contributed by atoms with Crippen molar-refractivity contribution in [3.05, 3.63) is 0 Å². The molecule has 0 aliphatic carbocycles. The van der Waals surface area contributed by atoms with Crippen LogP contribution in [0.25, 0.3) is 0 Å². The fraction of sp³-hybridized carbons (Fsp3) is 1.00. The molecule has 0 radical (unpaired) electrons. The van der Waals surface area contributed by atoms with E-state index in [1.807, 2.05) is 0 Å². The van der Waals surface area contributed by atoms with Crippen molar-refractivity contribution < 1.29 is 0 Å². The predicted octanol–water partition coefficient (Wildman–Crippen LogP) is 2.99. The minimum absolute atomic E-state index is 0.404. The van der Waals surface area contributed by atoms with Crippen molar-refractivity contribution in [3.8, 4) is 0 Å². The van der Waals surface area contributed by atoms with Crippen molar-refractivity contribution in [2.75, 3.05) is 27.2 Å². The molecule has 0 saturated carbocycles. The fourth-order valence-corrected chi connectivity index (χ4v) is 2.51. The summed E-state index contributed by atoms with van der Waals surface area (Å²) in [5, 5.41) is 3.34. The second-order valence-electron chi connectivity index (χ2n) is 5.99. The molecular weight excluding hydrogens is 196 g/mol. The molecule has 1 N–H and O–H groups in total. The molecule has 0 aromatic rings. The van der Waals surface area contributed by atoms with Crippen LogP contribution in [0.1, 0.15) is 47.5 Å². The van der Waals surface area contributed by atoms with Crippen molar-refractivity contribution >= 4 is 0 Å². The monoisotopic (exact) mass is 228 g/mol. The van der Waals surface area contributed by atoms with Crippen LogP contribution in [0, 0.1) is 11.3 Å². The van der Waals surface area contributed by atoms with E-state index in [4.69, 9.17) is 0 Å². The van der Waals surface area contributed by atoms with Crippen LogP contribution in [-0.2, 0) is 0 Å². The lowest BCUT2D eigenvalue weighted by atomic mass is 9.84. The van der Waals surface area contributed by atoms with Gasteiger partial charge in [-0.15, -0.1) is 0 Å². The van der Waals surface area contributed by atoms with E-state index >= 15 is 0 Å². The Labute approximate surface area is 103 Å². The van der Waals surface area contributed by atoms with Crippen LogP contribution in [0.4, 0.5) is 0 Å². The molecule has 0 bridgehead atoms. The summed E-state index contributed by atoms with van der Waals surface area (Å²) in [6.07, 6.45) is 2.56. The zero-order chi connectivity index (χ0) is 12.8. The van der Waals surface area contributed by atoms with Gasteiger partial charge < -0.3 is 10.2 Å². The normalized spacial score (nSPS) is 17.8. The molecule has 0 aliphatic rings. The van der Waals surface area contributed by atoms with E-state index in [9.17, 15) is 0 Å². The molecule has 0 aromatic heterocycles. The van der Waals surface area contributed by atoms with Gasteiger partial charge in [0.25, 0.3) is 0 Å². The molecule has 0 amide bonds. The van der Waals surface area contributed by atoms with Crippen LogP contribution < -0.4 is 5.32 Å². The Kier molecular flexibility index (Phi) is 7.25. The van der Waals surface area contributed by atoms with Crippen molar-refractivity contribution in [1.29, 1.82) is 0 Å². The quantitative estimate of drug-likeness (QED) is 0.687. The summed E-state index contributed by atoms with van der Waals surface area (Å²) in [6, 6.07) is 0.660. The predicted molar refractivity (Wildman–Crippen MR) is 73.9 cm³/mol. The summed E-state index contributed by atoms with van der Waals surface area (Å²) in [7, 11) is 4.31. The molecular formula is C14H32N2. The summed E-state index contributed by atoms with van der Waals surface area (Å²) in [5.74, 6) is 0.727. The highest BCUT2D eigenvalue weighted by Gasteiger charge is 2.26. The van der Waals surface area contributed by atoms with Gasteiger partial charge >= 0.3 is 0 Å². The molecule has 2 unspecified atom stereocenters. The Balaban J connectivity index is 4.38. The number of hydrogen-bond donors (Lipinski definition) is 1. The number of hydrogen-bond acceptors (Lipinski definition) is 2. The van der Waals surface area contributed by atoms with E-state index in [1.54, 1.807) is 0 Å². The third kappa shape index (κ3) is 5.31. The average Bonchev–Trinajstić information content (AvgIpc) is 2.16. The van der Waals surface area contributed by atoms with Gasteiger partial charge in [-0.1, -0.05) is 34.1 Å². The lowest BCUT2D eigenvalue weighted by Gasteiger charge is -2.37. The topological polar surface area (TPSA) is 15.3 Å². The van der Waals surface area contributed by atoms with E-state index in [-0.39, 0.29) is 0 Å². The van der Waals surface area contributed by atoms with E-state index < -0.39 is 0 Å². The zero-order valence-electron chi connectivity index (χ0n) is 12.4. The molecule has 0 aliphatic heterocycles. The van der Waals surface area contributed by atoms with E-state index in [0.29, 0.717) is 11.5 Å². The second kappa shape index (κ2) is 7.29. The van der Waals surface area contributed by atoms with Gasteiger partial charge in [-0.25, -0.2) is 0 Å². The van der Waals surface area contributed by atoms with Gasteiger partial charge in [0.15, 0.2) is 0 Å². The standard InChI is InChI=1S/C14H32N2/c1-8-9-14(5,10-15-6)11-16(7)13(4)12(2)3/h12-13,15H,8-11H2,1-7H3. The largest absolute Gasteiger partial charge is 0.319 e. The second-order valence-corrected chi connectivity index (χ2v) is 5.99. The first-order valence-corrected chi connectivity index (χ1v) is 6.71. The third-order valence-corrected chi connectivity index (χ3v) is 3.75. The molecule has 0 spiro atoms. The average molecular weight is 228 g/mol. The maximum atomic E-state index is 3.34. The van der Waals surface area contributed by atoms with Crippen molar-refractivity contribution in [2.24, 2.45) is 11.3 Å². The number of rotatable bonds is 8. The maximum Gasteiger partial charge on any atom is 0.00871 e. The first-order chi connectivity index (χ1) is 7.36. The lowest BCUT2D eigenvalue weighted by Crippen LogP contribution is -2.44. The van der Waals surface area contributed by atoms with Crippen molar-refractivity contribution in [2.45, 2.75) is 53.5 Å². The molecule has 2 nitrogen and oxygen atoms in total. The van der Waals surface area contributed by atoms with Crippen LogP contribution in [0.15, 0.2) is 0 Å². The highest BCUT2D eigenvalue weighted by Crippen LogP contribution is 2.25. The van der Waals surface area contributed by atoms with Crippen LogP contribution in [0.2, 0.25) is 0 Å². The molecule has 0 aromatic carbocycles. The van der Waals surface area contributed by atoms with Gasteiger partial charge in [-0.2, -0.15) is 0 Å². The summed E-state index contributed by atoms with van der Waals surface area (Å²) in [4.78, 5) is 2.51. The number of nitrogens with zero attached hydrogens (tertiary/aromatic N) is 1. The molecule has 2 heteroatoms. The smallest absolute Gasteiger partial charge is 0.00871 e. The highest BCUT2D eigenvalue weighted by atomic mass is 15.1. The first kappa shape index (κ1) is 15.9. The molecule has 0 heterocycles. The van der Waals surface area contributed by atoms with E-state index in [1.165, 1.54) is 19.4 Å². The Morgan fingerprint density at radius 3 is 2.19 bits per heavy atom. The van der Waals surface area contributed by atoms with Crippen LogP contribution in [0.3, 0.4) is 0 Å². The minimum Gasteiger partial charge on any atom is -0.319 e.